The van der Waals surface area contributed by atoms with Gasteiger partial charge in [-0.2, -0.15) is 0 Å². The molecule has 6 heteroatoms. The first-order valence-electron chi connectivity index (χ1n) is 6.65. The molecule has 1 heterocycles. The van der Waals surface area contributed by atoms with Gasteiger partial charge in [-0.15, -0.1) is 0 Å². The largest absolute Gasteiger partial charge is 0.466 e. The van der Waals surface area contributed by atoms with Gasteiger partial charge in [0.25, 0.3) is 17.4 Å². The van der Waals surface area contributed by atoms with Gasteiger partial charge in [0.2, 0.25) is 0 Å². The fourth-order valence-electron chi connectivity index (χ4n) is 2.10. The number of hydrogen-bond acceptors (Lipinski definition) is 3. The van der Waals surface area contributed by atoms with E-state index in [4.69, 9.17) is 4.74 Å². The number of carbonyl (C=O) groups is 2. The van der Waals surface area contributed by atoms with Crippen LogP contribution in [0.3, 0.4) is 0 Å². The van der Waals surface area contributed by atoms with E-state index in [-0.39, 0.29) is 0 Å². The van der Waals surface area contributed by atoms with Crippen molar-refractivity contribution in [3.05, 3.63) is 54.3 Å². The van der Waals surface area contributed by atoms with Gasteiger partial charge in [0, 0.05) is 5.69 Å². The highest BCUT2D eigenvalue weighted by Crippen LogP contribution is 2.33. The summed E-state index contributed by atoms with van der Waals surface area (Å²) in [5.41, 5.74) is -0.814. The minimum absolute atomic E-state index is 0.378. The molecule has 1 aliphatic rings. The van der Waals surface area contributed by atoms with Crippen molar-refractivity contribution >= 4 is 23.2 Å². The second-order valence-corrected chi connectivity index (χ2v) is 5.05. The van der Waals surface area contributed by atoms with E-state index in [0.29, 0.717) is 17.1 Å². The van der Waals surface area contributed by atoms with Crippen LogP contribution in [0.5, 0.6) is 5.75 Å². The summed E-state index contributed by atoms with van der Waals surface area (Å²) >= 11 is 0. The van der Waals surface area contributed by atoms with Crippen LogP contribution in [-0.4, -0.2) is 17.4 Å². The highest BCUT2D eigenvalue weighted by molar-refractivity contribution is 6.18. The number of benzene rings is 2. The first kappa shape index (κ1) is 14.1. The SMILES string of the molecule is CC1(C(=O)Nc2ccc(F)cc2)Oc2ccccc2NC1=O. The number of amides is 2. The molecule has 1 atom stereocenters. The van der Waals surface area contributed by atoms with Crippen molar-refractivity contribution in [2.45, 2.75) is 12.5 Å². The van der Waals surface area contributed by atoms with Crippen LogP contribution in [0.15, 0.2) is 48.5 Å². The maximum absolute atomic E-state index is 12.9. The lowest BCUT2D eigenvalue weighted by molar-refractivity contribution is -0.143. The quantitative estimate of drug-likeness (QED) is 0.838. The van der Waals surface area contributed by atoms with Crippen LogP contribution in [0.25, 0.3) is 0 Å². The summed E-state index contributed by atoms with van der Waals surface area (Å²) < 4.78 is 18.5. The first-order valence-corrected chi connectivity index (χ1v) is 6.65. The van der Waals surface area contributed by atoms with Gasteiger partial charge in [-0.25, -0.2) is 4.39 Å². The highest BCUT2D eigenvalue weighted by Gasteiger charge is 2.47. The van der Waals surface area contributed by atoms with Crippen LogP contribution >= 0.6 is 0 Å². The number of hydrogen-bond donors (Lipinski definition) is 2. The maximum atomic E-state index is 12.9. The molecule has 0 aromatic heterocycles. The van der Waals surface area contributed by atoms with E-state index < -0.39 is 23.2 Å². The molecule has 0 fully saturated rings. The van der Waals surface area contributed by atoms with Gasteiger partial charge >= 0.3 is 0 Å². The average molecular weight is 300 g/mol. The molecule has 2 N–H and O–H groups in total. The molecule has 0 spiro atoms. The molecular weight excluding hydrogens is 287 g/mol. The van der Waals surface area contributed by atoms with E-state index in [1.165, 1.54) is 31.2 Å². The Morgan fingerprint density at radius 1 is 1.18 bits per heavy atom. The predicted octanol–water partition coefficient (Wildman–Crippen LogP) is 2.55. The third kappa shape index (κ3) is 2.39. The lowest BCUT2D eigenvalue weighted by Gasteiger charge is -2.33. The third-order valence-electron chi connectivity index (χ3n) is 3.42. The van der Waals surface area contributed by atoms with Gasteiger partial charge in [0.15, 0.2) is 0 Å². The maximum Gasteiger partial charge on any atom is 0.278 e. The Hall–Kier alpha value is -2.89. The van der Waals surface area contributed by atoms with Crippen molar-refractivity contribution in [2.24, 2.45) is 0 Å². The van der Waals surface area contributed by atoms with Crippen molar-refractivity contribution in [1.82, 2.24) is 0 Å². The van der Waals surface area contributed by atoms with Crippen molar-refractivity contribution < 1.29 is 18.7 Å². The van der Waals surface area contributed by atoms with Gasteiger partial charge in [0.05, 0.1) is 5.69 Å². The molecule has 2 aromatic rings. The van der Waals surface area contributed by atoms with Gasteiger partial charge in [-0.1, -0.05) is 12.1 Å². The highest BCUT2D eigenvalue weighted by atomic mass is 19.1. The van der Waals surface area contributed by atoms with Crippen LogP contribution in [0.4, 0.5) is 15.8 Å². The van der Waals surface area contributed by atoms with E-state index >= 15 is 0 Å². The Bertz CT molecular complexity index is 745. The second-order valence-electron chi connectivity index (χ2n) is 5.05. The summed E-state index contributed by atoms with van der Waals surface area (Å²) in [6.07, 6.45) is 0. The van der Waals surface area contributed by atoms with Crippen molar-refractivity contribution in [3.63, 3.8) is 0 Å². The Labute approximate surface area is 126 Å². The molecule has 0 radical (unpaired) electrons. The van der Waals surface area contributed by atoms with Crippen LogP contribution in [-0.2, 0) is 9.59 Å². The zero-order valence-corrected chi connectivity index (χ0v) is 11.7. The number of carbonyl (C=O) groups excluding carboxylic acids is 2. The van der Waals surface area contributed by atoms with Crippen LogP contribution in [0, 0.1) is 5.82 Å². The second kappa shape index (κ2) is 5.14. The van der Waals surface area contributed by atoms with E-state index in [2.05, 4.69) is 10.6 Å². The molecule has 2 amide bonds. The number of fused-ring (bicyclic) bond motifs is 1. The summed E-state index contributed by atoms with van der Waals surface area (Å²) in [5, 5.41) is 5.19. The lowest BCUT2D eigenvalue weighted by atomic mass is 10.0. The standard InChI is InChI=1S/C16H13FN2O3/c1-16(14(20)18-11-8-6-10(17)7-9-11)15(21)19-12-4-2-3-5-13(12)22-16/h2-9H,1H3,(H,18,20)(H,19,21). The number of para-hydroxylation sites is 2. The van der Waals surface area contributed by atoms with E-state index in [0.717, 1.165) is 0 Å². The minimum Gasteiger partial charge on any atom is -0.466 e. The molecule has 5 nitrogen and oxygen atoms in total. The molecule has 0 bridgehead atoms. The van der Waals surface area contributed by atoms with Crippen molar-refractivity contribution in [2.75, 3.05) is 10.6 Å². The number of nitrogens with one attached hydrogen (secondary N) is 2. The third-order valence-corrected chi connectivity index (χ3v) is 3.42. The van der Waals surface area contributed by atoms with Gasteiger partial charge in [-0.3, -0.25) is 9.59 Å². The zero-order chi connectivity index (χ0) is 15.7. The van der Waals surface area contributed by atoms with Gasteiger partial charge in [0.1, 0.15) is 11.6 Å². The molecule has 3 rings (SSSR count). The summed E-state index contributed by atoms with van der Waals surface area (Å²) in [7, 11) is 0. The number of rotatable bonds is 2. The smallest absolute Gasteiger partial charge is 0.278 e. The fraction of sp³-hybridized carbons (Fsp3) is 0.125. The minimum atomic E-state index is -1.71. The predicted molar refractivity (Wildman–Crippen MR) is 79.1 cm³/mol. The Balaban J connectivity index is 1.85. The number of ether oxygens (including phenoxy) is 1. The monoisotopic (exact) mass is 300 g/mol. The molecule has 0 saturated heterocycles. The van der Waals surface area contributed by atoms with Crippen molar-refractivity contribution in [1.29, 1.82) is 0 Å². The Morgan fingerprint density at radius 2 is 1.86 bits per heavy atom. The summed E-state index contributed by atoms with van der Waals surface area (Å²) in [5.74, 6) is -1.19. The van der Waals surface area contributed by atoms with Crippen LogP contribution < -0.4 is 15.4 Å². The molecule has 1 unspecified atom stereocenters. The molecule has 0 saturated carbocycles. The molecule has 22 heavy (non-hydrogen) atoms. The first-order chi connectivity index (χ1) is 10.5. The molecule has 2 aromatic carbocycles. The number of anilines is 2. The van der Waals surface area contributed by atoms with Gasteiger partial charge < -0.3 is 15.4 Å². The van der Waals surface area contributed by atoms with Crippen molar-refractivity contribution in [3.8, 4) is 5.75 Å². The average Bonchev–Trinajstić information content (AvgIpc) is 2.50. The van der Waals surface area contributed by atoms with Crippen LogP contribution in [0.2, 0.25) is 0 Å². The Morgan fingerprint density at radius 3 is 2.59 bits per heavy atom. The van der Waals surface area contributed by atoms with Crippen LogP contribution in [0.1, 0.15) is 6.92 Å². The van der Waals surface area contributed by atoms with E-state index in [9.17, 15) is 14.0 Å². The summed E-state index contributed by atoms with van der Waals surface area (Å²) in [4.78, 5) is 24.6. The van der Waals surface area contributed by atoms with Gasteiger partial charge in [-0.05, 0) is 43.3 Å². The summed E-state index contributed by atoms with van der Waals surface area (Å²) in [6.45, 7) is 1.39. The Kier molecular flexibility index (Phi) is 3.29. The molecular formula is C16H13FN2O3. The molecule has 1 aliphatic heterocycles. The summed E-state index contributed by atoms with van der Waals surface area (Å²) in [6, 6.07) is 12.1. The van der Waals surface area contributed by atoms with E-state index in [1.807, 2.05) is 0 Å². The number of halogens is 1. The molecule has 112 valence electrons. The lowest BCUT2D eigenvalue weighted by Crippen LogP contribution is -2.56. The zero-order valence-electron chi connectivity index (χ0n) is 11.7. The van der Waals surface area contributed by atoms with E-state index in [1.54, 1.807) is 24.3 Å². The normalized spacial score (nSPS) is 19.6. The molecule has 0 aliphatic carbocycles. The topological polar surface area (TPSA) is 67.4 Å². The fourth-order valence-corrected chi connectivity index (χ4v) is 2.10.